The van der Waals surface area contributed by atoms with Crippen LogP contribution in [0.5, 0.6) is 0 Å². The molecule has 0 heterocycles. The van der Waals surface area contributed by atoms with Crippen molar-refractivity contribution in [3.63, 3.8) is 0 Å². The minimum atomic E-state index is -3.95. The summed E-state index contributed by atoms with van der Waals surface area (Å²) in [6.07, 6.45) is 0. The first-order valence-corrected chi connectivity index (χ1v) is 4.66. The van der Waals surface area contributed by atoms with Crippen LogP contribution in [0.25, 0.3) is 0 Å². The molecule has 3 nitrogen and oxygen atoms in total. The lowest BCUT2D eigenvalue weighted by Gasteiger charge is -1.91. The first-order chi connectivity index (χ1) is 3.48. The number of alkyl halides is 1. The third-order valence-corrected chi connectivity index (χ3v) is 2.83. The van der Waals surface area contributed by atoms with Gasteiger partial charge in [-0.25, -0.2) is 0 Å². The maximum atomic E-state index is 10.0. The van der Waals surface area contributed by atoms with Gasteiger partial charge in [0.05, 0.1) is 4.91 Å². The number of halogens is 1. The third-order valence-electron chi connectivity index (χ3n) is 0.514. The SMILES string of the molecule is C=C(CI)S(=O)(=O)O. The van der Waals surface area contributed by atoms with Crippen LogP contribution in [-0.4, -0.2) is 17.4 Å². The minimum Gasteiger partial charge on any atom is -0.282 e. The van der Waals surface area contributed by atoms with Gasteiger partial charge in [0.25, 0.3) is 10.1 Å². The normalized spacial score (nSPS) is 11.2. The number of rotatable bonds is 2. The second-order valence-corrected chi connectivity index (χ2v) is 3.44. The van der Waals surface area contributed by atoms with Crippen LogP contribution in [0.1, 0.15) is 0 Å². The number of hydrogen-bond acceptors (Lipinski definition) is 2. The molecule has 0 aromatic heterocycles. The molecule has 0 saturated carbocycles. The van der Waals surface area contributed by atoms with E-state index >= 15 is 0 Å². The average molecular weight is 248 g/mol. The van der Waals surface area contributed by atoms with E-state index in [1.54, 1.807) is 22.6 Å². The number of hydrogen-bond donors (Lipinski definition) is 1. The van der Waals surface area contributed by atoms with Crippen molar-refractivity contribution in [2.24, 2.45) is 0 Å². The molecule has 0 fully saturated rings. The molecule has 8 heavy (non-hydrogen) atoms. The van der Waals surface area contributed by atoms with Crippen molar-refractivity contribution >= 4 is 32.7 Å². The van der Waals surface area contributed by atoms with Gasteiger partial charge in [0.15, 0.2) is 0 Å². The molecule has 0 aliphatic heterocycles. The van der Waals surface area contributed by atoms with E-state index in [1.807, 2.05) is 0 Å². The van der Waals surface area contributed by atoms with Gasteiger partial charge < -0.3 is 0 Å². The van der Waals surface area contributed by atoms with Crippen molar-refractivity contribution in [3.8, 4) is 0 Å². The highest BCUT2D eigenvalue weighted by molar-refractivity contribution is 14.1. The van der Waals surface area contributed by atoms with Crippen LogP contribution in [0.15, 0.2) is 11.5 Å². The van der Waals surface area contributed by atoms with E-state index in [9.17, 15) is 8.42 Å². The Morgan fingerprint density at radius 2 is 2.12 bits per heavy atom. The largest absolute Gasteiger partial charge is 0.290 e. The molecule has 48 valence electrons. The van der Waals surface area contributed by atoms with Crippen LogP contribution in [0.4, 0.5) is 0 Å². The summed E-state index contributed by atoms with van der Waals surface area (Å²) < 4.78 is 28.4. The van der Waals surface area contributed by atoms with Gasteiger partial charge in [0.1, 0.15) is 0 Å². The summed E-state index contributed by atoms with van der Waals surface area (Å²) in [7, 11) is -3.95. The standard InChI is InChI=1S/C3H5IO3S/c1-3(2-4)8(5,6)7/h1-2H2,(H,5,6,7). The fraction of sp³-hybridized carbons (Fsp3) is 0.333. The lowest BCUT2D eigenvalue weighted by Crippen LogP contribution is -2.00. The topological polar surface area (TPSA) is 54.4 Å². The van der Waals surface area contributed by atoms with Crippen LogP contribution in [0.3, 0.4) is 0 Å². The predicted octanol–water partition coefficient (Wildman–Crippen LogP) is 0.823. The van der Waals surface area contributed by atoms with Crippen molar-refractivity contribution in [2.75, 3.05) is 4.43 Å². The van der Waals surface area contributed by atoms with Gasteiger partial charge in [-0.1, -0.05) is 29.2 Å². The summed E-state index contributed by atoms with van der Waals surface area (Å²) in [6.45, 7) is 3.10. The smallest absolute Gasteiger partial charge is 0.282 e. The molecule has 0 atom stereocenters. The summed E-state index contributed by atoms with van der Waals surface area (Å²) >= 11 is 1.80. The highest BCUT2D eigenvalue weighted by Gasteiger charge is 2.06. The fourth-order valence-electron chi connectivity index (χ4n) is 0.0689. The Morgan fingerprint density at radius 3 is 2.12 bits per heavy atom. The maximum absolute atomic E-state index is 10.0. The summed E-state index contributed by atoms with van der Waals surface area (Å²) in [5.74, 6) is 0. The highest BCUT2D eigenvalue weighted by Crippen LogP contribution is 2.03. The van der Waals surface area contributed by atoms with Crippen LogP contribution < -0.4 is 0 Å². The lowest BCUT2D eigenvalue weighted by atomic mass is 10.8. The molecular formula is C3H5IO3S. The summed E-state index contributed by atoms with van der Waals surface area (Å²) in [5.41, 5.74) is 0. The minimum absolute atomic E-state index is 0.155. The van der Waals surface area contributed by atoms with Crippen LogP contribution in [-0.2, 0) is 10.1 Å². The van der Waals surface area contributed by atoms with Crippen molar-refractivity contribution in [1.82, 2.24) is 0 Å². The van der Waals surface area contributed by atoms with Crippen molar-refractivity contribution in [1.29, 1.82) is 0 Å². The van der Waals surface area contributed by atoms with E-state index in [1.165, 1.54) is 0 Å². The lowest BCUT2D eigenvalue weighted by molar-refractivity contribution is 0.491. The molecular weight excluding hydrogens is 243 g/mol. The molecule has 0 bridgehead atoms. The monoisotopic (exact) mass is 248 g/mol. The molecule has 0 spiro atoms. The van der Waals surface area contributed by atoms with Gasteiger partial charge in [0.2, 0.25) is 0 Å². The summed E-state index contributed by atoms with van der Waals surface area (Å²) in [6, 6.07) is 0. The fourth-order valence-corrected chi connectivity index (χ4v) is 1.39. The van der Waals surface area contributed by atoms with E-state index < -0.39 is 10.1 Å². The molecule has 0 aliphatic rings. The highest BCUT2D eigenvalue weighted by atomic mass is 127. The first-order valence-electron chi connectivity index (χ1n) is 1.69. The molecule has 0 unspecified atom stereocenters. The molecule has 0 rings (SSSR count). The Hall–Kier alpha value is 0.380. The van der Waals surface area contributed by atoms with Gasteiger partial charge in [-0.15, -0.1) is 0 Å². The zero-order chi connectivity index (χ0) is 6.78. The van der Waals surface area contributed by atoms with E-state index in [-0.39, 0.29) is 9.33 Å². The van der Waals surface area contributed by atoms with Crippen molar-refractivity contribution < 1.29 is 13.0 Å². The van der Waals surface area contributed by atoms with Crippen LogP contribution in [0.2, 0.25) is 0 Å². The van der Waals surface area contributed by atoms with Crippen molar-refractivity contribution in [3.05, 3.63) is 11.5 Å². The van der Waals surface area contributed by atoms with Crippen molar-refractivity contribution in [2.45, 2.75) is 0 Å². The Morgan fingerprint density at radius 1 is 1.75 bits per heavy atom. The zero-order valence-corrected chi connectivity index (χ0v) is 6.94. The molecule has 0 amide bonds. The molecule has 0 aromatic carbocycles. The van der Waals surface area contributed by atoms with Gasteiger partial charge in [-0.05, 0) is 0 Å². The van der Waals surface area contributed by atoms with E-state index in [0.717, 1.165) is 0 Å². The second kappa shape index (κ2) is 2.79. The molecule has 0 aliphatic carbocycles. The molecule has 0 aromatic rings. The van der Waals surface area contributed by atoms with Gasteiger partial charge in [-0.3, -0.25) is 4.55 Å². The van der Waals surface area contributed by atoms with E-state index in [2.05, 4.69) is 6.58 Å². The first kappa shape index (κ1) is 8.38. The van der Waals surface area contributed by atoms with Crippen LogP contribution >= 0.6 is 22.6 Å². The Bertz CT molecular complexity index is 181. The Kier molecular flexibility index (Phi) is 2.92. The summed E-state index contributed by atoms with van der Waals surface area (Å²) in [5, 5.41) is 0. The Balaban J connectivity index is 4.29. The second-order valence-electron chi connectivity index (χ2n) is 1.15. The molecule has 5 heteroatoms. The van der Waals surface area contributed by atoms with Gasteiger partial charge >= 0.3 is 0 Å². The molecule has 0 radical (unpaired) electrons. The average Bonchev–Trinajstić information content (AvgIpc) is 1.62. The van der Waals surface area contributed by atoms with E-state index in [0.29, 0.717) is 0 Å². The summed E-state index contributed by atoms with van der Waals surface area (Å²) in [4.78, 5) is -0.155. The van der Waals surface area contributed by atoms with E-state index in [4.69, 9.17) is 4.55 Å². The third kappa shape index (κ3) is 2.63. The number of allylic oxidation sites excluding steroid dienone is 1. The van der Waals surface area contributed by atoms with Gasteiger partial charge in [0, 0.05) is 4.43 Å². The Labute approximate surface area is 61.7 Å². The zero-order valence-electron chi connectivity index (χ0n) is 3.96. The molecule has 0 saturated heterocycles. The van der Waals surface area contributed by atoms with Crippen LogP contribution in [0, 0.1) is 0 Å². The quantitative estimate of drug-likeness (QED) is 0.447. The molecule has 1 N–H and O–H groups in total. The maximum Gasteiger partial charge on any atom is 0.290 e. The predicted molar refractivity (Wildman–Crippen MR) is 39.6 cm³/mol. The van der Waals surface area contributed by atoms with Gasteiger partial charge in [-0.2, -0.15) is 8.42 Å².